The lowest BCUT2D eigenvalue weighted by Gasteiger charge is -2.07. The molecule has 0 bridgehead atoms. The van der Waals surface area contributed by atoms with Crippen LogP contribution in [0, 0.1) is 0 Å². The number of hydrogen-bond donors (Lipinski definition) is 1. The lowest BCUT2D eigenvalue weighted by atomic mass is 10.2. The summed E-state index contributed by atoms with van der Waals surface area (Å²) in [7, 11) is 3.89. The summed E-state index contributed by atoms with van der Waals surface area (Å²) in [6.45, 7) is 0. The third-order valence-corrected chi connectivity index (χ3v) is 5.57. The van der Waals surface area contributed by atoms with E-state index in [2.05, 4.69) is 31.1 Å². The molecule has 0 fully saturated rings. The minimum absolute atomic E-state index is 0.646. The fraction of sp³-hybridized carbons (Fsp3) is 0.154. The number of hydrogen-bond acceptors (Lipinski definition) is 7. The second-order valence-electron chi connectivity index (χ2n) is 4.55. The topological polar surface area (TPSA) is 67.9 Å². The van der Waals surface area contributed by atoms with Crippen LogP contribution in [0.4, 0.5) is 10.8 Å². The van der Waals surface area contributed by atoms with E-state index in [0.29, 0.717) is 5.69 Å². The van der Waals surface area contributed by atoms with Gasteiger partial charge in [0.1, 0.15) is 0 Å². The molecule has 0 aliphatic heterocycles. The maximum atomic E-state index is 6.10. The van der Waals surface area contributed by atoms with E-state index in [0.717, 1.165) is 29.7 Å². The standard InChI is InChI=1S/C13H12BrN5S2/c1-19(2)12-17-18-13(21-12)20-11-8-5-7(14)3-4-10(8)16-6-9(11)15/h3-6H,15H2,1-2H3. The molecule has 0 aliphatic rings. The Kier molecular flexibility index (Phi) is 4.01. The van der Waals surface area contributed by atoms with Gasteiger partial charge in [-0.05, 0) is 18.2 Å². The Morgan fingerprint density at radius 1 is 1.29 bits per heavy atom. The van der Waals surface area contributed by atoms with Crippen molar-refractivity contribution >= 4 is 60.8 Å². The summed E-state index contributed by atoms with van der Waals surface area (Å²) in [5, 5.41) is 10.2. The summed E-state index contributed by atoms with van der Waals surface area (Å²) < 4.78 is 1.85. The molecule has 2 aromatic heterocycles. The van der Waals surface area contributed by atoms with Gasteiger partial charge in [-0.3, -0.25) is 4.98 Å². The van der Waals surface area contributed by atoms with Crippen molar-refractivity contribution in [2.45, 2.75) is 9.24 Å². The zero-order valence-electron chi connectivity index (χ0n) is 11.4. The molecular formula is C13H12BrN5S2. The Morgan fingerprint density at radius 2 is 2.10 bits per heavy atom. The minimum Gasteiger partial charge on any atom is -0.397 e. The van der Waals surface area contributed by atoms with Gasteiger partial charge >= 0.3 is 0 Å². The number of nitrogens with zero attached hydrogens (tertiary/aromatic N) is 4. The van der Waals surface area contributed by atoms with Crippen LogP contribution in [0.2, 0.25) is 0 Å². The van der Waals surface area contributed by atoms with Gasteiger partial charge in [-0.2, -0.15) is 0 Å². The number of anilines is 2. The summed E-state index contributed by atoms with van der Waals surface area (Å²) in [4.78, 5) is 7.26. The van der Waals surface area contributed by atoms with Gasteiger partial charge in [-0.25, -0.2) is 0 Å². The third kappa shape index (κ3) is 2.97. The molecule has 2 N–H and O–H groups in total. The van der Waals surface area contributed by atoms with Crippen LogP contribution in [0.25, 0.3) is 10.9 Å². The molecule has 3 rings (SSSR count). The molecule has 3 aromatic rings. The molecule has 0 spiro atoms. The molecular weight excluding hydrogens is 370 g/mol. The predicted octanol–water partition coefficient (Wildman–Crippen LogP) is 3.65. The molecule has 0 aliphatic carbocycles. The molecule has 8 heteroatoms. The zero-order valence-corrected chi connectivity index (χ0v) is 14.6. The second kappa shape index (κ2) is 5.78. The highest BCUT2D eigenvalue weighted by Gasteiger charge is 2.13. The van der Waals surface area contributed by atoms with Gasteiger partial charge in [0, 0.05) is 28.8 Å². The van der Waals surface area contributed by atoms with Gasteiger partial charge in [0.15, 0.2) is 4.34 Å². The average Bonchev–Trinajstić information content (AvgIpc) is 2.91. The van der Waals surface area contributed by atoms with E-state index in [-0.39, 0.29) is 0 Å². The van der Waals surface area contributed by atoms with E-state index in [1.165, 1.54) is 23.1 Å². The van der Waals surface area contributed by atoms with Gasteiger partial charge in [0.2, 0.25) is 5.13 Å². The summed E-state index contributed by atoms with van der Waals surface area (Å²) in [6, 6.07) is 5.96. The van der Waals surface area contributed by atoms with Crippen LogP contribution < -0.4 is 10.6 Å². The number of halogens is 1. The maximum Gasteiger partial charge on any atom is 0.208 e. The normalized spacial score (nSPS) is 11.0. The van der Waals surface area contributed by atoms with Crippen LogP contribution in [-0.4, -0.2) is 29.3 Å². The number of nitrogen functional groups attached to an aromatic ring is 1. The third-order valence-electron chi connectivity index (χ3n) is 2.78. The highest BCUT2D eigenvalue weighted by Crippen LogP contribution is 2.39. The van der Waals surface area contributed by atoms with Crippen LogP contribution in [0.15, 0.2) is 38.1 Å². The molecule has 0 amide bonds. The van der Waals surface area contributed by atoms with Gasteiger partial charge in [0.25, 0.3) is 0 Å². The van der Waals surface area contributed by atoms with E-state index in [1.54, 1.807) is 6.20 Å². The largest absolute Gasteiger partial charge is 0.397 e. The van der Waals surface area contributed by atoms with Crippen molar-refractivity contribution in [2.75, 3.05) is 24.7 Å². The van der Waals surface area contributed by atoms with E-state index in [9.17, 15) is 0 Å². The lowest BCUT2D eigenvalue weighted by molar-refractivity contribution is 0.973. The first-order chi connectivity index (χ1) is 10.0. The number of fused-ring (bicyclic) bond motifs is 1. The average molecular weight is 382 g/mol. The molecule has 5 nitrogen and oxygen atoms in total. The minimum atomic E-state index is 0.646. The molecule has 0 unspecified atom stereocenters. The van der Waals surface area contributed by atoms with Crippen LogP contribution in [0.1, 0.15) is 0 Å². The Bertz CT molecular complexity index is 797. The summed E-state index contributed by atoms with van der Waals surface area (Å²) in [5.74, 6) is 0. The van der Waals surface area contributed by atoms with Crippen LogP contribution >= 0.6 is 39.0 Å². The van der Waals surface area contributed by atoms with E-state index < -0.39 is 0 Å². The number of benzene rings is 1. The Balaban J connectivity index is 2.06. The molecule has 0 saturated carbocycles. The van der Waals surface area contributed by atoms with Crippen molar-refractivity contribution in [3.63, 3.8) is 0 Å². The maximum absolute atomic E-state index is 6.10. The summed E-state index contributed by atoms with van der Waals surface area (Å²) in [5.41, 5.74) is 7.65. The first-order valence-electron chi connectivity index (χ1n) is 6.07. The number of pyridine rings is 1. The Morgan fingerprint density at radius 3 is 2.81 bits per heavy atom. The zero-order chi connectivity index (χ0) is 15.0. The molecule has 0 radical (unpaired) electrons. The van der Waals surface area contributed by atoms with E-state index in [4.69, 9.17) is 5.73 Å². The van der Waals surface area contributed by atoms with Gasteiger partial charge < -0.3 is 10.6 Å². The van der Waals surface area contributed by atoms with Gasteiger partial charge in [0.05, 0.1) is 17.4 Å². The monoisotopic (exact) mass is 381 g/mol. The molecule has 0 saturated heterocycles. The van der Waals surface area contributed by atoms with Crippen molar-refractivity contribution in [2.24, 2.45) is 0 Å². The highest BCUT2D eigenvalue weighted by atomic mass is 79.9. The fourth-order valence-electron chi connectivity index (χ4n) is 1.78. The van der Waals surface area contributed by atoms with Crippen molar-refractivity contribution < 1.29 is 0 Å². The van der Waals surface area contributed by atoms with Crippen LogP contribution in [-0.2, 0) is 0 Å². The molecule has 0 atom stereocenters. The molecule has 2 heterocycles. The Hall–Kier alpha value is -1.38. The van der Waals surface area contributed by atoms with Crippen molar-refractivity contribution in [3.8, 4) is 0 Å². The van der Waals surface area contributed by atoms with Crippen molar-refractivity contribution in [1.29, 1.82) is 0 Å². The highest BCUT2D eigenvalue weighted by molar-refractivity contribution is 9.10. The van der Waals surface area contributed by atoms with Crippen LogP contribution in [0.3, 0.4) is 0 Å². The molecule has 1 aromatic carbocycles. The van der Waals surface area contributed by atoms with Gasteiger partial charge in [-0.15, -0.1) is 10.2 Å². The fourth-order valence-corrected chi connectivity index (χ4v) is 3.99. The first kappa shape index (κ1) is 14.6. The quantitative estimate of drug-likeness (QED) is 0.746. The van der Waals surface area contributed by atoms with Crippen LogP contribution in [0.5, 0.6) is 0 Å². The summed E-state index contributed by atoms with van der Waals surface area (Å²) >= 11 is 6.55. The first-order valence-corrected chi connectivity index (χ1v) is 8.49. The Labute approximate surface area is 138 Å². The van der Waals surface area contributed by atoms with Gasteiger partial charge in [-0.1, -0.05) is 39.0 Å². The summed E-state index contributed by atoms with van der Waals surface area (Å²) in [6.07, 6.45) is 1.69. The smallest absolute Gasteiger partial charge is 0.208 e. The van der Waals surface area contributed by atoms with Crippen molar-refractivity contribution in [1.82, 2.24) is 15.2 Å². The number of nitrogens with two attached hydrogens (primary N) is 1. The molecule has 21 heavy (non-hydrogen) atoms. The number of rotatable bonds is 3. The molecule has 108 valence electrons. The predicted molar refractivity (Wildman–Crippen MR) is 92.2 cm³/mol. The van der Waals surface area contributed by atoms with Crippen molar-refractivity contribution in [3.05, 3.63) is 28.9 Å². The van der Waals surface area contributed by atoms with E-state index in [1.807, 2.05) is 37.2 Å². The second-order valence-corrected chi connectivity index (χ2v) is 7.68. The SMILES string of the molecule is CN(C)c1nnc(Sc2c(N)cnc3ccc(Br)cc23)s1. The number of aromatic nitrogens is 3. The lowest BCUT2D eigenvalue weighted by Crippen LogP contribution is -2.07. The van der Waals surface area contributed by atoms with E-state index >= 15 is 0 Å².